The molecular weight excluding hydrogens is 234 g/mol. The quantitative estimate of drug-likeness (QED) is 0.838. The normalized spacial score (nSPS) is 10.2. The van der Waals surface area contributed by atoms with Gasteiger partial charge in [-0.25, -0.2) is 4.98 Å². The molecule has 1 N–H and O–H groups in total. The number of rotatable bonds is 1. The molecule has 2 aromatic rings. The number of aryl methyl sites for hydroxylation is 2. The van der Waals surface area contributed by atoms with Crippen molar-refractivity contribution in [3.8, 4) is 17.3 Å². The van der Waals surface area contributed by atoms with E-state index in [1.165, 1.54) is 0 Å². The molecule has 2 heterocycles. The van der Waals surface area contributed by atoms with Gasteiger partial charge in [0.25, 0.3) is 5.56 Å². The summed E-state index contributed by atoms with van der Waals surface area (Å²) in [5, 5.41) is 11.9. The Hall–Kier alpha value is -1.93. The van der Waals surface area contributed by atoms with E-state index in [0.29, 0.717) is 5.56 Å². The molecular formula is C12H11N3OS. The van der Waals surface area contributed by atoms with Crippen molar-refractivity contribution in [3.63, 3.8) is 0 Å². The van der Waals surface area contributed by atoms with Crippen LogP contribution in [-0.4, -0.2) is 9.97 Å². The fourth-order valence-electron chi connectivity index (χ4n) is 1.87. The highest BCUT2D eigenvalue weighted by molar-refractivity contribution is 7.09. The molecule has 0 atom stereocenters. The lowest BCUT2D eigenvalue weighted by Gasteiger charge is -2.07. The van der Waals surface area contributed by atoms with E-state index in [2.05, 4.69) is 9.97 Å². The molecule has 0 unspecified atom stereocenters. The van der Waals surface area contributed by atoms with Gasteiger partial charge in [0, 0.05) is 16.6 Å². The number of nitriles is 1. The third kappa shape index (κ3) is 1.87. The van der Waals surface area contributed by atoms with Crippen LogP contribution >= 0.6 is 11.3 Å². The lowest BCUT2D eigenvalue weighted by Crippen LogP contribution is -2.15. The van der Waals surface area contributed by atoms with Crippen LogP contribution in [0.25, 0.3) is 11.3 Å². The Kier molecular flexibility index (Phi) is 2.82. The molecule has 17 heavy (non-hydrogen) atoms. The fraction of sp³-hybridized carbons (Fsp3) is 0.250. The lowest BCUT2D eigenvalue weighted by molar-refractivity contribution is 1.10. The third-order valence-corrected chi connectivity index (χ3v) is 3.41. The number of hydrogen-bond donors (Lipinski definition) is 1. The van der Waals surface area contributed by atoms with Crippen LogP contribution in [0.5, 0.6) is 0 Å². The van der Waals surface area contributed by atoms with Crippen molar-refractivity contribution in [2.75, 3.05) is 0 Å². The van der Waals surface area contributed by atoms with Crippen LogP contribution in [-0.2, 0) is 0 Å². The number of pyridine rings is 1. The second kappa shape index (κ2) is 4.15. The first-order valence-corrected chi connectivity index (χ1v) is 5.98. The van der Waals surface area contributed by atoms with E-state index in [4.69, 9.17) is 5.26 Å². The standard InChI is InChI=1S/C12H11N3OS/c1-6-9(4-13)12(16)14-7(2)11(6)10-5-17-8(3)15-10/h5H,1-3H3,(H,14,16). The predicted octanol–water partition coefficient (Wildman–Crippen LogP) is 2.30. The van der Waals surface area contributed by atoms with Gasteiger partial charge in [0.1, 0.15) is 11.6 Å². The molecule has 0 aromatic carbocycles. The highest BCUT2D eigenvalue weighted by atomic mass is 32.1. The van der Waals surface area contributed by atoms with Crippen LogP contribution in [0.1, 0.15) is 21.8 Å². The number of aromatic nitrogens is 2. The average molecular weight is 245 g/mol. The number of H-pyrrole nitrogens is 1. The molecule has 0 aliphatic rings. The van der Waals surface area contributed by atoms with E-state index < -0.39 is 0 Å². The first-order valence-electron chi connectivity index (χ1n) is 5.10. The Balaban J connectivity index is 2.79. The van der Waals surface area contributed by atoms with E-state index in [1.807, 2.05) is 25.3 Å². The largest absolute Gasteiger partial charge is 0.325 e. The Morgan fingerprint density at radius 1 is 1.41 bits per heavy atom. The first kappa shape index (κ1) is 11.6. The molecule has 0 saturated carbocycles. The van der Waals surface area contributed by atoms with Gasteiger partial charge in [0.15, 0.2) is 0 Å². The van der Waals surface area contributed by atoms with Crippen LogP contribution in [0, 0.1) is 32.1 Å². The zero-order valence-electron chi connectivity index (χ0n) is 9.79. The summed E-state index contributed by atoms with van der Waals surface area (Å²) in [5.41, 5.74) is 2.94. The summed E-state index contributed by atoms with van der Waals surface area (Å²) in [6, 6.07) is 1.94. The zero-order valence-corrected chi connectivity index (χ0v) is 10.6. The molecule has 5 heteroatoms. The number of thiazole rings is 1. The van der Waals surface area contributed by atoms with Gasteiger partial charge in [-0.1, -0.05) is 0 Å². The summed E-state index contributed by atoms with van der Waals surface area (Å²) in [6.07, 6.45) is 0. The first-order chi connectivity index (χ1) is 8.04. The van der Waals surface area contributed by atoms with Crippen molar-refractivity contribution in [3.05, 3.63) is 37.6 Å². The minimum atomic E-state index is -0.335. The summed E-state index contributed by atoms with van der Waals surface area (Å²) in [7, 11) is 0. The van der Waals surface area contributed by atoms with Crippen LogP contribution in [0.15, 0.2) is 10.2 Å². The van der Waals surface area contributed by atoms with Crippen molar-refractivity contribution in [1.82, 2.24) is 9.97 Å². The molecule has 2 rings (SSSR count). The molecule has 0 spiro atoms. The second-order valence-corrected chi connectivity index (χ2v) is 4.88. The average Bonchev–Trinajstić information content (AvgIpc) is 2.64. The van der Waals surface area contributed by atoms with Crippen LogP contribution in [0.4, 0.5) is 0 Å². The second-order valence-electron chi connectivity index (χ2n) is 3.82. The predicted molar refractivity (Wildman–Crippen MR) is 67.1 cm³/mol. The van der Waals surface area contributed by atoms with Crippen LogP contribution in [0.3, 0.4) is 0 Å². The third-order valence-electron chi connectivity index (χ3n) is 2.64. The van der Waals surface area contributed by atoms with Crippen molar-refractivity contribution < 1.29 is 0 Å². The molecule has 86 valence electrons. The maximum atomic E-state index is 11.6. The molecule has 0 radical (unpaired) electrons. The smallest absolute Gasteiger partial charge is 0.266 e. The van der Waals surface area contributed by atoms with Crippen LogP contribution < -0.4 is 5.56 Å². The Bertz CT molecular complexity index is 676. The van der Waals surface area contributed by atoms with Crippen molar-refractivity contribution in [1.29, 1.82) is 5.26 Å². The summed E-state index contributed by atoms with van der Waals surface area (Å²) >= 11 is 1.55. The summed E-state index contributed by atoms with van der Waals surface area (Å²) in [5.74, 6) is 0. The van der Waals surface area contributed by atoms with E-state index in [-0.39, 0.29) is 11.1 Å². The lowest BCUT2D eigenvalue weighted by atomic mass is 10.0. The zero-order chi connectivity index (χ0) is 12.6. The van der Waals surface area contributed by atoms with Crippen LogP contribution in [0.2, 0.25) is 0 Å². The molecule has 0 bridgehead atoms. The van der Waals surface area contributed by atoms with Gasteiger partial charge < -0.3 is 4.98 Å². The minimum Gasteiger partial charge on any atom is -0.325 e. The van der Waals surface area contributed by atoms with E-state index >= 15 is 0 Å². The number of hydrogen-bond acceptors (Lipinski definition) is 4. The highest BCUT2D eigenvalue weighted by Crippen LogP contribution is 2.27. The Morgan fingerprint density at radius 3 is 2.65 bits per heavy atom. The maximum Gasteiger partial charge on any atom is 0.266 e. The van der Waals surface area contributed by atoms with Gasteiger partial charge in [-0.3, -0.25) is 4.79 Å². The van der Waals surface area contributed by atoms with Gasteiger partial charge in [0.2, 0.25) is 0 Å². The number of nitrogens with one attached hydrogen (secondary N) is 1. The highest BCUT2D eigenvalue weighted by Gasteiger charge is 2.15. The van der Waals surface area contributed by atoms with Gasteiger partial charge in [0.05, 0.1) is 10.7 Å². The van der Waals surface area contributed by atoms with E-state index in [0.717, 1.165) is 22.0 Å². The number of nitrogens with zero attached hydrogens (tertiary/aromatic N) is 2. The van der Waals surface area contributed by atoms with Gasteiger partial charge in [-0.15, -0.1) is 11.3 Å². The van der Waals surface area contributed by atoms with Gasteiger partial charge in [-0.05, 0) is 26.3 Å². The van der Waals surface area contributed by atoms with Crippen molar-refractivity contribution in [2.24, 2.45) is 0 Å². The van der Waals surface area contributed by atoms with Crippen molar-refractivity contribution >= 4 is 11.3 Å². The molecule has 0 amide bonds. The molecule has 0 saturated heterocycles. The van der Waals surface area contributed by atoms with E-state index in [9.17, 15) is 4.79 Å². The van der Waals surface area contributed by atoms with E-state index in [1.54, 1.807) is 18.3 Å². The monoisotopic (exact) mass is 245 g/mol. The number of aromatic amines is 1. The molecule has 0 aliphatic heterocycles. The molecule has 0 fully saturated rings. The SMILES string of the molecule is Cc1nc(-c2c(C)[nH]c(=O)c(C#N)c2C)cs1. The molecule has 0 aliphatic carbocycles. The van der Waals surface area contributed by atoms with Gasteiger partial charge in [-0.2, -0.15) is 5.26 Å². The maximum absolute atomic E-state index is 11.6. The molecule has 2 aromatic heterocycles. The minimum absolute atomic E-state index is 0.163. The summed E-state index contributed by atoms with van der Waals surface area (Å²) in [6.45, 7) is 5.53. The molecule has 4 nitrogen and oxygen atoms in total. The fourth-order valence-corrected chi connectivity index (χ4v) is 2.47. The summed E-state index contributed by atoms with van der Waals surface area (Å²) in [4.78, 5) is 18.7. The summed E-state index contributed by atoms with van der Waals surface area (Å²) < 4.78 is 0. The van der Waals surface area contributed by atoms with Gasteiger partial charge >= 0.3 is 0 Å². The van der Waals surface area contributed by atoms with Crippen molar-refractivity contribution in [2.45, 2.75) is 20.8 Å². The topological polar surface area (TPSA) is 69.5 Å². The Morgan fingerprint density at radius 2 is 2.12 bits per heavy atom. The Labute approximate surface area is 103 Å².